The van der Waals surface area contributed by atoms with E-state index in [2.05, 4.69) is 35.3 Å². The highest BCUT2D eigenvalue weighted by Gasteiger charge is 2.17. The maximum absolute atomic E-state index is 4.37. The molecule has 14 heavy (non-hydrogen) atoms. The van der Waals surface area contributed by atoms with Gasteiger partial charge >= 0.3 is 0 Å². The van der Waals surface area contributed by atoms with Gasteiger partial charge in [0.25, 0.3) is 0 Å². The van der Waals surface area contributed by atoms with E-state index in [1.54, 1.807) is 0 Å². The Morgan fingerprint density at radius 2 is 1.71 bits per heavy atom. The van der Waals surface area contributed by atoms with E-state index < -0.39 is 0 Å². The third-order valence-electron chi connectivity index (χ3n) is 2.56. The quantitative estimate of drug-likeness (QED) is 0.547. The van der Waals surface area contributed by atoms with Crippen LogP contribution in [0.15, 0.2) is 42.6 Å². The van der Waals surface area contributed by atoms with E-state index in [-0.39, 0.29) is 12.4 Å². The molecule has 0 fully saturated rings. The number of rotatable bonds is 0. The van der Waals surface area contributed by atoms with Crippen molar-refractivity contribution in [3.8, 4) is 11.1 Å². The molecule has 0 unspecified atom stereocenters. The van der Waals surface area contributed by atoms with Crippen LogP contribution in [0.2, 0.25) is 0 Å². The molecule has 1 heterocycles. The molecular formula is C12H10ClN. The molecule has 1 aromatic heterocycles. The minimum absolute atomic E-state index is 0. The Labute approximate surface area is 89.2 Å². The van der Waals surface area contributed by atoms with E-state index in [0.717, 1.165) is 6.42 Å². The van der Waals surface area contributed by atoms with Gasteiger partial charge in [0.15, 0.2) is 0 Å². The smallest absolute Gasteiger partial charge is 0.0525 e. The van der Waals surface area contributed by atoms with Crippen molar-refractivity contribution in [1.29, 1.82) is 0 Å². The van der Waals surface area contributed by atoms with Crippen molar-refractivity contribution in [2.24, 2.45) is 0 Å². The van der Waals surface area contributed by atoms with Crippen LogP contribution in [0.4, 0.5) is 0 Å². The SMILES string of the molecule is Cl.c1ccc2c(c1)Cc1ncccc1-2. The van der Waals surface area contributed by atoms with Crippen molar-refractivity contribution in [3.05, 3.63) is 53.9 Å². The average Bonchev–Trinajstić information content (AvgIpc) is 2.56. The van der Waals surface area contributed by atoms with Gasteiger partial charge in [0.05, 0.1) is 5.69 Å². The minimum atomic E-state index is 0. The van der Waals surface area contributed by atoms with Gasteiger partial charge in [-0.3, -0.25) is 4.98 Å². The first kappa shape index (κ1) is 9.22. The van der Waals surface area contributed by atoms with E-state index in [9.17, 15) is 0 Å². The second-order valence-electron chi connectivity index (χ2n) is 3.33. The second-order valence-corrected chi connectivity index (χ2v) is 3.33. The molecule has 3 rings (SSSR count). The molecule has 0 atom stereocenters. The molecule has 0 saturated carbocycles. The van der Waals surface area contributed by atoms with Crippen molar-refractivity contribution in [2.45, 2.75) is 6.42 Å². The fraction of sp³-hybridized carbons (Fsp3) is 0.0833. The lowest BCUT2D eigenvalue weighted by Gasteiger charge is -1.97. The zero-order valence-corrected chi connectivity index (χ0v) is 8.42. The summed E-state index contributed by atoms with van der Waals surface area (Å²) in [6.45, 7) is 0. The fourth-order valence-corrected chi connectivity index (χ4v) is 1.94. The predicted molar refractivity (Wildman–Crippen MR) is 59.7 cm³/mol. The van der Waals surface area contributed by atoms with Crippen LogP contribution in [0.5, 0.6) is 0 Å². The summed E-state index contributed by atoms with van der Waals surface area (Å²) in [4.78, 5) is 4.37. The summed E-state index contributed by atoms with van der Waals surface area (Å²) in [6.07, 6.45) is 2.86. The Hall–Kier alpha value is -1.34. The topological polar surface area (TPSA) is 12.9 Å². The molecule has 0 aliphatic heterocycles. The number of halogens is 1. The molecule has 1 aliphatic carbocycles. The van der Waals surface area contributed by atoms with Crippen LogP contribution in [0.25, 0.3) is 11.1 Å². The standard InChI is InChI=1S/C12H9N.ClH/c1-2-5-10-9(4-1)8-12-11(10)6-3-7-13-12;/h1-7H,8H2;1H. The lowest BCUT2D eigenvalue weighted by molar-refractivity contribution is 1.12. The lowest BCUT2D eigenvalue weighted by atomic mass is 10.1. The van der Waals surface area contributed by atoms with Crippen molar-refractivity contribution >= 4 is 12.4 Å². The predicted octanol–water partition coefficient (Wildman–Crippen LogP) is 3.07. The first-order valence-electron chi connectivity index (χ1n) is 4.47. The van der Waals surface area contributed by atoms with Gasteiger partial charge in [-0.25, -0.2) is 0 Å². The summed E-state index contributed by atoms with van der Waals surface area (Å²) in [5, 5.41) is 0. The number of aromatic nitrogens is 1. The maximum atomic E-state index is 4.37. The molecule has 1 aliphatic rings. The van der Waals surface area contributed by atoms with Crippen LogP contribution in [-0.2, 0) is 6.42 Å². The van der Waals surface area contributed by atoms with Gasteiger partial charge in [-0.05, 0) is 17.2 Å². The van der Waals surface area contributed by atoms with Crippen LogP contribution in [0.3, 0.4) is 0 Å². The van der Waals surface area contributed by atoms with Crippen molar-refractivity contribution in [3.63, 3.8) is 0 Å². The molecule has 1 aromatic carbocycles. The van der Waals surface area contributed by atoms with E-state index >= 15 is 0 Å². The zero-order valence-electron chi connectivity index (χ0n) is 7.60. The Bertz CT molecular complexity index is 422. The first-order valence-corrected chi connectivity index (χ1v) is 4.47. The third kappa shape index (κ3) is 1.21. The summed E-state index contributed by atoms with van der Waals surface area (Å²) >= 11 is 0. The minimum Gasteiger partial charge on any atom is -0.260 e. The number of nitrogens with zero attached hydrogens (tertiary/aromatic N) is 1. The van der Waals surface area contributed by atoms with Gasteiger partial charge in [0.1, 0.15) is 0 Å². The van der Waals surface area contributed by atoms with Gasteiger partial charge in [-0.15, -0.1) is 12.4 Å². The lowest BCUT2D eigenvalue weighted by Crippen LogP contribution is -1.83. The normalized spacial score (nSPS) is 11.4. The Morgan fingerprint density at radius 3 is 2.64 bits per heavy atom. The fourth-order valence-electron chi connectivity index (χ4n) is 1.94. The Balaban J connectivity index is 0.000000750. The van der Waals surface area contributed by atoms with Gasteiger partial charge < -0.3 is 0 Å². The third-order valence-corrected chi connectivity index (χ3v) is 2.56. The number of benzene rings is 1. The summed E-state index contributed by atoms with van der Waals surface area (Å²) < 4.78 is 0. The van der Waals surface area contributed by atoms with E-state index in [4.69, 9.17) is 0 Å². The molecule has 0 radical (unpaired) electrons. The van der Waals surface area contributed by atoms with Gasteiger partial charge in [-0.1, -0.05) is 30.3 Å². The summed E-state index contributed by atoms with van der Waals surface area (Å²) in [5.41, 5.74) is 5.27. The highest BCUT2D eigenvalue weighted by molar-refractivity contribution is 5.85. The first-order chi connectivity index (χ1) is 6.45. The van der Waals surface area contributed by atoms with E-state index in [1.807, 2.05) is 12.3 Å². The molecule has 0 N–H and O–H groups in total. The van der Waals surface area contributed by atoms with Crippen LogP contribution in [0.1, 0.15) is 11.3 Å². The average molecular weight is 204 g/mol. The van der Waals surface area contributed by atoms with Crippen LogP contribution in [-0.4, -0.2) is 4.98 Å². The highest BCUT2D eigenvalue weighted by atomic mass is 35.5. The molecule has 2 heteroatoms. The summed E-state index contributed by atoms with van der Waals surface area (Å²) in [7, 11) is 0. The van der Waals surface area contributed by atoms with Gasteiger partial charge in [-0.2, -0.15) is 0 Å². The number of fused-ring (bicyclic) bond motifs is 3. The molecular weight excluding hydrogens is 194 g/mol. The summed E-state index contributed by atoms with van der Waals surface area (Å²) in [6, 6.07) is 12.7. The molecule has 1 nitrogen and oxygen atoms in total. The Morgan fingerprint density at radius 1 is 0.929 bits per heavy atom. The van der Waals surface area contributed by atoms with Gasteiger partial charge in [0.2, 0.25) is 0 Å². The molecule has 0 amide bonds. The second kappa shape index (κ2) is 3.43. The van der Waals surface area contributed by atoms with Crippen molar-refractivity contribution < 1.29 is 0 Å². The monoisotopic (exact) mass is 203 g/mol. The van der Waals surface area contributed by atoms with Crippen LogP contribution < -0.4 is 0 Å². The number of hydrogen-bond donors (Lipinski definition) is 0. The number of hydrogen-bond acceptors (Lipinski definition) is 1. The molecule has 2 aromatic rings. The Kier molecular flexibility index (Phi) is 2.26. The van der Waals surface area contributed by atoms with Crippen molar-refractivity contribution in [2.75, 3.05) is 0 Å². The van der Waals surface area contributed by atoms with E-state index in [1.165, 1.54) is 22.4 Å². The highest BCUT2D eigenvalue weighted by Crippen LogP contribution is 2.34. The zero-order chi connectivity index (χ0) is 8.67. The van der Waals surface area contributed by atoms with Crippen LogP contribution in [0, 0.1) is 0 Å². The largest absolute Gasteiger partial charge is 0.260 e. The van der Waals surface area contributed by atoms with Gasteiger partial charge in [0, 0.05) is 18.2 Å². The molecule has 70 valence electrons. The molecule has 0 spiro atoms. The summed E-state index contributed by atoms with van der Waals surface area (Å²) in [5.74, 6) is 0. The molecule has 0 saturated heterocycles. The molecule has 0 bridgehead atoms. The van der Waals surface area contributed by atoms with Crippen molar-refractivity contribution in [1.82, 2.24) is 4.98 Å². The number of pyridine rings is 1. The van der Waals surface area contributed by atoms with E-state index in [0.29, 0.717) is 0 Å². The maximum Gasteiger partial charge on any atom is 0.0525 e. The van der Waals surface area contributed by atoms with Crippen LogP contribution >= 0.6 is 12.4 Å².